The van der Waals surface area contributed by atoms with Gasteiger partial charge in [0.25, 0.3) is 0 Å². The Labute approximate surface area is 54.9 Å². The maximum absolute atomic E-state index is 8.41. The van der Waals surface area contributed by atoms with Crippen molar-refractivity contribution in [1.82, 2.24) is 0 Å². The maximum Gasteiger partial charge on any atom is 0.146 e. The van der Waals surface area contributed by atoms with Crippen molar-refractivity contribution in [2.75, 3.05) is 27.1 Å². The number of methoxy groups -OCH3 is 1. The zero-order chi connectivity index (χ0) is 7.11. The SMILES string of the molecule is C=C(CO)COCOC. The lowest BCUT2D eigenvalue weighted by Crippen LogP contribution is -2.02. The minimum atomic E-state index is -0.0241. The Bertz CT molecular complexity index is 80.4. The smallest absolute Gasteiger partial charge is 0.146 e. The number of aliphatic hydroxyl groups is 1. The van der Waals surface area contributed by atoms with Crippen LogP contribution in [0, 0.1) is 0 Å². The third-order valence-corrected chi connectivity index (χ3v) is 0.731. The van der Waals surface area contributed by atoms with Gasteiger partial charge in [0, 0.05) is 7.11 Å². The minimum Gasteiger partial charge on any atom is -0.392 e. The van der Waals surface area contributed by atoms with Gasteiger partial charge in [0.2, 0.25) is 0 Å². The first-order valence-electron chi connectivity index (χ1n) is 2.65. The molecule has 0 aromatic rings. The quantitative estimate of drug-likeness (QED) is 0.329. The van der Waals surface area contributed by atoms with Gasteiger partial charge in [-0.2, -0.15) is 0 Å². The molecule has 0 radical (unpaired) electrons. The Morgan fingerprint density at radius 3 is 2.78 bits per heavy atom. The number of hydrogen-bond donors (Lipinski definition) is 1. The van der Waals surface area contributed by atoms with Gasteiger partial charge in [-0.15, -0.1) is 0 Å². The average Bonchev–Trinajstić information content (AvgIpc) is 1.89. The Morgan fingerprint density at radius 2 is 2.33 bits per heavy atom. The van der Waals surface area contributed by atoms with Gasteiger partial charge in [0.05, 0.1) is 13.2 Å². The molecular formula is C6H12O3. The molecule has 0 fully saturated rings. The third kappa shape index (κ3) is 5.49. The predicted octanol–water partition coefficient (Wildman–Crippen LogP) is 0.155. The molecular weight excluding hydrogens is 120 g/mol. The molecule has 1 N–H and O–H groups in total. The van der Waals surface area contributed by atoms with E-state index in [2.05, 4.69) is 11.3 Å². The lowest BCUT2D eigenvalue weighted by molar-refractivity contribution is -0.0227. The molecule has 3 nitrogen and oxygen atoms in total. The second-order valence-electron chi connectivity index (χ2n) is 1.66. The number of rotatable bonds is 5. The van der Waals surface area contributed by atoms with Crippen LogP contribution in [0.2, 0.25) is 0 Å². The Hall–Kier alpha value is -0.380. The Morgan fingerprint density at radius 1 is 1.67 bits per heavy atom. The zero-order valence-electron chi connectivity index (χ0n) is 5.59. The molecule has 0 rings (SSSR count). The van der Waals surface area contributed by atoms with Gasteiger partial charge >= 0.3 is 0 Å². The van der Waals surface area contributed by atoms with Crippen LogP contribution in [0.4, 0.5) is 0 Å². The molecule has 0 heterocycles. The van der Waals surface area contributed by atoms with Crippen LogP contribution < -0.4 is 0 Å². The van der Waals surface area contributed by atoms with Crippen molar-refractivity contribution in [2.24, 2.45) is 0 Å². The van der Waals surface area contributed by atoms with E-state index in [-0.39, 0.29) is 13.4 Å². The fraction of sp³-hybridized carbons (Fsp3) is 0.667. The second-order valence-corrected chi connectivity index (χ2v) is 1.66. The molecule has 0 aliphatic carbocycles. The van der Waals surface area contributed by atoms with E-state index in [4.69, 9.17) is 9.84 Å². The van der Waals surface area contributed by atoms with E-state index in [1.54, 1.807) is 7.11 Å². The largest absolute Gasteiger partial charge is 0.392 e. The summed E-state index contributed by atoms with van der Waals surface area (Å²) in [5, 5.41) is 8.41. The van der Waals surface area contributed by atoms with Crippen LogP contribution in [0.1, 0.15) is 0 Å². The van der Waals surface area contributed by atoms with E-state index in [1.807, 2.05) is 0 Å². The molecule has 0 saturated heterocycles. The van der Waals surface area contributed by atoms with E-state index >= 15 is 0 Å². The van der Waals surface area contributed by atoms with E-state index in [1.165, 1.54) is 0 Å². The highest BCUT2D eigenvalue weighted by Crippen LogP contribution is 1.87. The lowest BCUT2D eigenvalue weighted by atomic mass is 10.4. The summed E-state index contributed by atoms with van der Waals surface area (Å²) < 4.78 is 9.45. The van der Waals surface area contributed by atoms with Gasteiger partial charge in [-0.05, 0) is 5.57 Å². The molecule has 0 bridgehead atoms. The van der Waals surface area contributed by atoms with Crippen LogP contribution >= 0.6 is 0 Å². The predicted molar refractivity (Wildman–Crippen MR) is 34.1 cm³/mol. The molecule has 54 valence electrons. The Kier molecular flexibility index (Phi) is 5.51. The highest BCUT2D eigenvalue weighted by molar-refractivity contribution is 4.92. The molecule has 0 spiro atoms. The average molecular weight is 132 g/mol. The maximum atomic E-state index is 8.41. The molecule has 0 aromatic carbocycles. The van der Waals surface area contributed by atoms with Crippen molar-refractivity contribution in [3.8, 4) is 0 Å². The highest BCUT2D eigenvalue weighted by atomic mass is 16.7. The molecule has 0 aliphatic rings. The summed E-state index contributed by atoms with van der Waals surface area (Å²) in [6, 6.07) is 0. The number of aliphatic hydroxyl groups excluding tert-OH is 1. The first-order chi connectivity index (χ1) is 4.31. The van der Waals surface area contributed by atoms with Crippen molar-refractivity contribution in [1.29, 1.82) is 0 Å². The van der Waals surface area contributed by atoms with E-state index < -0.39 is 0 Å². The van der Waals surface area contributed by atoms with Crippen molar-refractivity contribution >= 4 is 0 Å². The molecule has 0 aliphatic heterocycles. The lowest BCUT2D eigenvalue weighted by Gasteiger charge is -2.01. The summed E-state index contributed by atoms with van der Waals surface area (Å²) >= 11 is 0. The van der Waals surface area contributed by atoms with Crippen LogP contribution in [-0.4, -0.2) is 32.2 Å². The monoisotopic (exact) mass is 132 g/mol. The molecule has 0 unspecified atom stereocenters. The van der Waals surface area contributed by atoms with E-state index in [0.717, 1.165) is 0 Å². The molecule has 0 atom stereocenters. The fourth-order valence-corrected chi connectivity index (χ4v) is 0.315. The summed E-state index contributed by atoms with van der Waals surface area (Å²) in [5.74, 6) is 0. The second kappa shape index (κ2) is 5.75. The van der Waals surface area contributed by atoms with Gasteiger partial charge in [-0.25, -0.2) is 0 Å². The molecule has 9 heavy (non-hydrogen) atoms. The highest BCUT2D eigenvalue weighted by Gasteiger charge is 1.89. The van der Waals surface area contributed by atoms with Gasteiger partial charge in [-0.3, -0.25) is 0 Å². The number of hydrogen-bond acceptors (Lipinski definition) is 3. The Balaban J connectivity index is 2.97. The topological polar surface area (TPSA) is 38.7 Å². The first kappa shape index (κ1) is 8.62. The molecule has 0 amide bonds. The molecule has 0 saturated carbocycles. The zero-order valence-corrected chi connectivity index (χ0v) is 5.59. The van der Waals surface area contributed by atoms with Crippen LogP contribution in [0.25, 0.3) is 0 Å². The van der Waals surface area contributed by atoms with Crippen LogP contribution in [0.5, 0.6) is 0 Å². The summed E-state index contributed by atoms with van der Waals surface area (Å²) in [7, 11) is 1.54. The summed E-state index contributed by atoms with van der Waals surface area (Å²) in [6.07, 6.45) is 0. The van der Waals surface area contributed by atoms with Crippen molar-refractivity contribution < 1.29 is 14.6 Å². The van der Waals surface area contributed by atoms with Gasteiger partial charge in [0.15, 0.2) is 0 Å². The van der Waals surface area contributed by atoms with Crippen molar-refractivity contribution in [3.63, 3.8) is 0 Å². The van der Waals surface area contributed by atoms with Crippen LogP contribution in [-0.2, 0) is 9.47 Å². The summed E-state index contributed by atoms with van der Waals surface area (Å²) in [5.41, 5.74) is 0.659. The van der Waals surface area contributed by atoms with Crippen LogP contribution in [0.3, 0.4) is 0 Å². The third-order valence-electron chi connectivity index (χ3n) is 0.731. The van der Waals surface area contributed by atoms with Gasteiger partial charge in [-0.1, -0.05) is 6.58 Å². The van der Waals surface area contributed by atoms with Crippen molar-refractivity contribution in [2.45, 2.75) is 0 Å². The van der Waals surface area contributed by atoms with Gasteiger partial charge in [0.1, 0.15) is 6.79 Å². The van der Waals surface area contributed by atoms with Crippen LogP contribution in [0.15, 0.2) is 12.2 Å². The minimum absolute atomic E-state index is 0.0241. The van der Waals surface area contributed by atoms with E-state index in [9.17, 15) is 0 Å². The summed E-state index contributed by atoms with van der Waals surface area (Å²) in [4.78, 5) is 0. The van der Waals surface area contributed by atoms with Crippen molar-refractivity contribution in [3.05, 3.63) is 12.2 Å². The molecule has 0 aromatic heterocycles. The van der Waals surface area contributed by atoms with Gasteiger partial charge < -0.3 is 14.6 Å². The molecule has 3 heteroatoms. The summed E-state index contributed by atoms with van der Waals surface area (Å²) in [6.45, 7) is 4.10. The fourth-order valence-electron chi connectivity index (χ4n) is 0.315. The first-order valence-corrected chi connectivity index (χ1v) is 2.65. The standard InChI is InChI=1S/C6H12O3/c1-6(3-7)4-9-5-8-2/h7H,1,3-5H2,2H3. The van der Waals surface area contributed by atoms with E-state index in [0.29, 0.717) is 12.2 Å². The normalized spacial score (nSPS) is 9.56. The number of ether oxygens (including phenoxy) is 2.